The van der Waals surface area contributed by atoms with Crippen molar-refractivity contribution in [3.63, 3.8) is 0 Å². The molecule has 0 N–H and O–H groups in total. The molecule has 0 amide bonds. The number of unbranched alkanes of at least 4 members (excludes halogenated alkanes) is 11. The second-order valence-corrected chi connectivity index (χ2v) is 11.5. The van der Waals surface area contributed by atoms with Gasteiger partial charge in [0.2, 0.25) is 0 Å². The Morgan fingerprint density at radius 3 is 1.70 bits per heavy atom. The van der Waals surface area contributed by atoms with Gasteiger partial charge in [-0.25, -0.2) is 9.97 Å². The summed E-state index contributed by atoms with van der Waals surface area (Å²) in [7, 11) is 0. The molecule has 0 spiro atoms. The topological polar surface area (TPSA) is 35.0 Å². The molecule has 0 bridgehead atoms. The highest BCUT2D eigenvalue weighted by molar-refractivity contribution is 5.27. The molecule has 1 aromatic heterocycles. The summed E-state index contributed by atoms with van der Waals surface area (Å²) in [4.78, 5) is 9.50. The van der Waals surface area contributed by atoms with E-state index >= 15 is 0 Å². The van der Waals surface area contributed by atoms with Crippen molar-refractivity contribution < 1.29 is 4.74 Å². The van der Waals surface area contributed by atoms with Crippen molar-refractivity contribution in [2.45, 2.75) is 142 Å². The summed E-state index contributed by atoms with van der Waals surface area (Å²) in [5, 5.41) is 0. The maximum Gasteiger partial charge on any atom is 0.131 e. The van der Waals surface area contributed by atoms with Crippen molar-refractivity contribution in [1.82, 2.24) is 9.97 Å². The maximum atomic E-state index is 6.18. The van der Waals surface area contributed by atoms with Crippen LogP contribution in [0.4, 0.5) is 0 Å². The SMILES string of the molecule is CCCCCCCCCCc1ccc(OC[C@H]2CC[C@H](c3ncc(CCCCCCC)cn3)CC2)cc1. The second kappa shape index (κ2) is 18.4. The third kappa shape index (κ3) is 12.0. The highest BCUT2D eigenvalue weighted by Gasteiger charge is 2.24. The minimum Gasteiger partial charge on any atom is -0.493 e. The van der Waals surface area contributed by atoms with Gasteiger partial charge in [0, 0.05) is 18.3 Å². The maximum absolute atomic E-state index is 6.18. The standard InChI is InChI=1S/C34H54N2O/c1-3-5-7-9-10-11-13-14-16-29-20-24-33(25-21-29)37-28-30-18-22-32(23-19-30)34-35-26-31(27-36-34)17-15-12-8-6-4-2/h20-21,24-27,30,32H,3-19,22-23,28H2,1-2H3/t30-,32-. The number of rotatable bonds is 19. The van der Waals surface area contributed by atoms with E-state index in [-0.39, 0.29) is 0 Å². The fraction of sp³-hybridized carbons (Fsp3) is 0.706. The molecule has 0 radical (unpaired) electrons. The summed E-state index contributed by atoms with van der Waals surface area (Å²) in [5.41, 5.74) is 2.74. The zero-order valence-corrected chi connectivity index (χ0v) is 24.1. The molecule has 1 saturated carbocycles. The van der Waals surface area contributed by atoms with Crippen LogP contribution < -0.4 is 4.74 Å². The summed E-state index contributed by atoms with van der Waals surface area (Å²) >= 11 is 0. The number of hydrogen-bond acceptors (Lipinski definition) is 3. The zero-order valence-electron chi connectivity index (χ0n) is 24.1. The van der Waals surface area contributed by atoms with Gasteiger partial charge in [0.1, 0.15) is 11.6 Å². The van der Waals surface area contributed by atoms with Crippen LogP contribution in [-0.2, 0) is 12.8 Å². The zero-order chi connectivity index (χ0) is 26.0. The minimum absolute atomic E-state index is 0.519. The predicted octanol–water partition coefficient (Wildman–Crippen LogP) is 10.0. The van der Waals surface area contributed by atoms with E-state index in [4.69, 9.17) is 14.7 Å². The van der Waals surface area contributed by atoms with Crippen LogP contribution in [0, 0.1) is 5.92 Å². The van der Waals surface area contributed by atoms with Crippen molar-refractivity contribution in [1.29, 1.82) is 0 Å². The number of aromatic nitrogens is 2. The second-order valence-electron chi connectivity index (χ2n) is 11.5. The Balaban J connectivity index is 1.26. The van der Waals surface area contributed by atoms with Crippen LogP contribution in [0.25, 0.3) is 0 Å². The first-order chi connectivity index (χ1) is 18.3. The fourth-order valence-corrected chi connectivity index (χ4v) is 5.65. The number of nitrogens with zero attached hydrogens (tertiary/aromatic N) is 2. The summed E-state index contributed by atoms with van der Waals surface area (Å²) in [6, 6.07) is 8.87. The van der Waals surface area contributed by atoms with E-state index in [1.807, 2.05) is 0 Å². The molecule has 1 aliphatic rings. The van der Waals surface area contributed by atoms with Crippen molar-refractivity contribution in [3.8, 4) is 5.75 Å². The molecule has 3 rings (SSSR count). The Hall–Kier alpha value is -1.90. The molecular weight excluding hydrogens is 452 g/mol. The van der Waals surface area contributed by atoms with E-state index in [1.54, 1.807) is 0 Å². The van der Waals surface area contributed by atoms with Gasteiger partial charge in [-0.1, -0.05) is 96.6 Å². The monoisotopic (exact) mass is 506 g/mol. The number of aryl methyl sites for hydroxylation is 2. The number of benzene rings is 1. The normalized spacial score (nSPS) is 17.7. The third-order valence-electron chi connectivity index (χ3n) is 8.23. The molecule has 0 aliphatic heterocycles. The van der Waals surface area contributed by atoms with E-state index in [0.29, 0.717) is 11.8 Å². The molecule has 206 valence electrons. The van der Waals surface area contributed by atoms with Gasteiger partial charge in [-0.2, -0.15) is 0 Å². The molecule has 1 heterocycles. The number of ether oxygens (including phenoxy) is 1. The summed E-state index contributed by atoms with van der Waals surface area (Å²) in [6.45, 7) is 5.39. The first-order valence-corrected chi connectivity index (χ1v) is 15.8. The Morgan fingerprint density at radius 1 is 0.622 bits per heavy atom. The summed E-state index contributed by atoms with van der Waals surface area (Å²) < 4.78 is 6.18. The molecular formula is C34H54N2O. The van der Waals surface area contributed by atoms with Gasteiger partial charge in [0.25, 0.3) is 0 Å². The lowest BCUT2D eigenvalue weighted by atomic mass is 9.82. The molecule has 1 aliphatic carbocycles. The average molecular weight is 507 g/mol. The molecule has 37 heavy (non-hydrogen) atoms. The predicted molar refractivity (Wildman–Crippen MR) is 157 cm³/mol. The highest BCUT2D eigenvalue weighted by Crippen LogP contribution is 2.34. The van der Waals surface area contributed by atoms with Gasteiger partial charge in [-0.15, -0.1) is 0 Å². The van der Waals surface area contributed by atoms with Crippen molar-refractivity contribution >= 4 is 0 Å². The van der Waals surface area contributed by atoms with E-state index in [2.05, 4.69) is 50.5 Å². The average Bonchev–Trinajstić information content (AvgIpc) is 2.94. The lowest BCUT2D eigenvalue weighted by Gasteiger charge is -2.27. The van der Waals surface area contributed by atoms with E-state index in [0.717, 1.165) is 24.6 Å². The van der Waals surface area contributed by atoms with E-state index in [9.17, 15) is 0 Å². The first-order valence-electron chi connectivity index (χ1n) is 15.8. The van der Waals surface area contributed by atoms with Crippen molar-refractivity contribution in [2.75, 3.05) is 6.61 Å². The molecule has 0 unspecified atom stereocenters. The van der Waals surface area contributed by atoms with Crippen LogP contribution in [0.15, 0.2) is 36.7 Å². The smallest absolute Gasteiger partial charge is 0.131 e. The van der Waals surface area contributed by atoms with E-state index < -0.39 is 0 Å². The van der Waals surface area contributed by atoms with Gasteiger partial charge in [-0.05, 0) is 80.5 Å². The molecule has 0 saturated heterocycles. The summed E-state index contributed by atoms with van der Waals surface area (Å²) in [5.74, 6) is 3.25. The lowest BCUT2D eigenvalue weighted by molar-refractivity contribution is 0.198. The minimum atomic E-state index is 0.519. The first kappa shape index (κ1) is 29.7. The number of hydrogen-bond donors (Lipinski definition) is 0. The van der Waals surface area contributed by atoms with Crippen LogP contribution in [0.2, 0.25) is 0 Å². The van der Waals surface area contributed by atoms with Crippen molar-refractivity contribution in [2.24, 2.45) is 5.92 Å². The van der Waals surface area contributed by atoms with Crippen LogP contribution in [0.3, 0.4) is 0 Å². The molecule has 0 atom stereocenters. The van der Waals surface area contributed by atoms with Gasteiger partial charge >= 0.3 is 0 Å². The van der Waals surface area contributed by atoms with E-state index in [1.165, 1.54) is 127 Å². The van der Waals surface area contributed by atoms with Crippen molar-refractivity contribution in [3.05, 3.63) is 53.6 Å². The molecule has 1 fully saturated rings. The molecule has 1 aromatic carbocycles. The quantitative estimate of drug-likeness (QED) is 0.178. The molecule has 3 heteroatoms. The fourth-order valence-electron chi connectivity index (χ4n) is 5.65. The Bertz CT molecular complexity index is 809. The lowest BCUT2D eigenvalue weighted by Crippen LogP contribution is -2.20. The molecule has 2 aromatic rings. The molecule has 3 nitrogen and oxygen atoms in total. The largest absolute Gasteiger partial charge is 0.493 e. The van der Waals surface area contributed by atoms with Gasteiger partial charge in [-0.3, -0.25) is 0 Å². The third-order valence-corrected chi connectivity index (χ3v) is 8.23. The summed E-state index contributed by atoms with van der Waals surface area (Å²) in [6.07, 6.45) is 28.9. The highest BCUT2D eigenvalue weighted by atomic mass is 16.5. The Morgan fingerprint density at radius 2 is 1.14 bits per heavy atom. The van der Waals surface area contributed by atoms with Crippen LogP contribution in [-0.4, -0.2) is 16.6 Å². The van der Waals surface area contributed by atoms with Gasteiger partial charge in [0.15, 0.2) is 0 Å². The van der Waals surface area contributed by atoms with Gasteiger partial charge in [0.05, 0.1) is 6.61 Å². The Kier molecular flexibility index (Phi) is 14.7. The van der Waals surface area contributed by atoms with Crippen LogP contribution >= 0.6 is 0 Å². The van der Waals surface area contributed by atoms with Crippen LogP contribution in [0.1, 0.15) is 146 Å². The van der Waals surface area contributed by atoms with Crippen LogP contribution in [0.5, 0.6) is 5.75 Å². The van der Waals surface area contributed by atoms with Gasteiger partial charge < -0.3 is 4.74 Å². The Labute approximate surface area is 228 Å².